The Bertz CT molecular complexity index is 1160. The zero-order valence-electron chi connectivity index (χ0n) is 17.8. The fourth-order valence-corrected chi connectivity index (χ4v) is 3.56. The molecule has 0 saturated carbocycles. The van der Waals surface area contributed by atoms with Gasteiger partial charge in [0.15, 0.2) is 0 Å². The van der Waals surface area contributed by atoms with E-state index in [9.17, 15) is 14.0 Å². The van der Waals surface area contributed by atoms with Crippen molar-refractivity contribution in [3.8, 4) is 0 Å². The second-order valence-corrected chi connectivity index (χ2v) is 7.62. The van der Waals surface area contributed by atoms with Crippen molar-refractivity contribution >= 4 is 28.9 Å². The van der Waals surface area contributed by atoms with Gasteiger partial charge in [-0.1, -0.05) is 29.8 Å². The number of halogens is 1. The van der Waals surface area contributed by atoms with Gasteiger partial charge in [-0.3, -0.25) is 9.59 Å². The van der Waals surface area contributed by atoms with Gasteiger partial charge in [0.25, 0.3) is 5.91 Å². The molecule has 0 spiro atoms. The molecule has 164 valence electrons. The molecule has 1 atom stereocenters. The van der Waals surface area contributed by atoms with Crippen molar-refractivity contribution in [3.63, 3.8) is 0 Å². The van der Waals surface area contributed by atoms with Crippen LogP contribution in [0.15, 0.2) is 70.4 Å². The average molecular weight is 434 g/mol. The number of rotatable bonds is 6. The number of carbonyl (C=O) groups excluding carboxylic acids is 2. The number of benzene rings is 2. The maximum Gasteiger partial charge on any atom is 0.262 e. The van der Waals surface area contributed by atoms with Gasteiger partial charge in [0.05, 0.1) is 24.2 Å². The molecule has 7 nitrogen and oxygen atoms in total. The van der Waals surface area contributed by atoms with E-state index in [0.717, 1.165) is 16.8 Å². The van der Waals surface area contributed by atoms with E-state index in [2.05, 4.69) is 15.7 Å². The predicted molar refractivity (Wildman–Crippen MR) is 120 cm³/mol. The second-order valence-electron chi connectivity index (χ2n) is 7.62. The van der Waals surface area contributed by atoms with Crippen molar-refractivity contribution in [1.82, 2.24) is 5.01 Å². The Morgan fingerprint density at radius 3 is 2.66 bits per heavy atom. The third-order valence-corrected chi connectivity index (χ3v) is 5.14. The average Bonchev–Trinajstić information content (AvgIpc) is 3.44. The van der Waals surface area contributed by atoms with E-state index in [1.165, 1.54) is 30.1 Å². The van der Waals surface area contributed by atoms with Crippen molar-refractivity contribution in [2.45, 2.75) is 26.3 Å². The second kappa shape index (κ2) is 9.05. The van der Waals surface area contributed by atoms with Crippen LogP contribution < -0.4 is 10.6 Å². The van der Waals surface area contributed by atoms with Crippen LogP contribution in [0.5, 0.6) is 0 Å². The van der Waals surface area contributed by atoms with E-state index in [-0.39, 0.29) is 30.1 Å². The Morgan fingerprint density at radius 2 is 1.97 bits per heavy atom. The molecule has 0 radical (unpaired) electrons. The lowest BCUT2D eigenvalue weighted by Crippen LogP contribution is -2.32. The van der Waals surface area contributed by atoms with E-state index in [4.69, 9.17) is 4.42 Å². The first-order chi connectivity index (χ1) is 15.4. The molecule has 1 unspecified atom stereocenters. The lowest BCUT2D eigenvalue weighted by atomic mass is 10.0. The SMILES string of the molecule is CC(=O)Nc1ccc(F)c(NCC(=O)N2N=C(c3ccc(C)cc3)CC2c2ccco2)c1. The first-order valence-electron chi connectivity index (χ1n) is 10.2. The van der Waals surface area contributed by atoms with Crippen LogP contribution in [0.25, 0.3) is 0 Å². The topological polar surface area (TPSA) is 86.9 Å². The Balaban J connectivity index is 1.53. The molecule has 0 bridgehead atoms. The molecule has 2 amide bonds. The Morgan fingerprint density at radius 1 is 1.19 bits per heavy atom. The van der Waals surface area contributed by atoms with E-state index in [1.54, 1.807) is 12.3 Å². The summed E-state index contributed by atoms with van der Waals surface area (Å²) in [4.78, 5) is 24.3. The van der Waals surface area contributed by atoms with Crippen LogP contribution in [0, 0.1) is 12.7 Å². The lowest BCUT2D eigenvalue weighted by molar-refractivity contribution is -0.131. The van der Waals surface area contributed by atoms with Gasteiger partial charge in [0.1, 0.15) is 17.6 Å². The van der Waals surface area contributed by atoms with Gasteiger partial charge in [-0.15, -0.1) is 0 Å². The summed E-state index contributed by atoms with van der Waals surface area (Å²) in [6.07, 6.45) is 2.07. The molecule has 3 aromatic rings. The minimum Gasteiger partial charge on any atom is -0.467 e. The number of hydrazone groups is 1. The molecule has 0 saturated heterocycles. The molecule has 1 aromatic heterocycles. The van der Waals surface area contributed by atoms with Crippen molar-refractivity contribution < 1.29 is 18.4 Å². The van der Waals surface area contributed by atoms with Crippen LogP contribution in [0.3, 0.4) is 0 Å². The molecule has 2 N–H and O–H groups in total. The third-order valence-electron chi connectivity index (χ3n) is 5.14. The number of amides is 2. The largest absolute Gasteiger partial charge is 0.467 e. The smallest absolute Gasteiger partial charge is 0.262 e. The zero-order chi connectivity index (χ0) is 22.7. The van der Waals surface area contributed by atoms with Crippen molar-refractivity contribution in [3.05, 3.63) is 83.6 Å². The number of hydrogen-bond donors (Lipinski definition) is 2. The number of nitrogens with zero attached hydrogens (tertiary/aromatic N) is 2. The van der Waals surface area contributed by atoms with E-state index in [1.807, 2.05) is 37.3 Å². The molecule has 0 fully saturated rings. The summed E-state index contributed by atoms with van der Waals surface area (Å²) in [5, 5.41) is 11.4. The van der Waals surface area contributed by atoms with Gasteiger partial charge >= 0.3 is 0 Å². The summed E-state index contributed by atoms with van der Waals surface area (Å²) < 4.78 is 19.8. The number of furan rings is 1. The highest BCUT2D eigenvalue weighted by Crippen LogP contribution is 2.33. The van der Waals surface area contributed by atoms with Gasteiger partial charge in [0, 0.05) is 19.0 Å². The third kappa shape index (κ3) is 4.69. The summed E-state index contributed by atoms with van der Waals surface area (Å²) in [6, 6.07) is 15.3. The standard InChI is InChI=1S/C24H23FN4O3/c1-15-5-7-17(8-6-15)20-13-22(23-4-3-11-32-23)29(28-20)24(31)14-26-21-12-18(27-16(2)30)9-10-19(21)25/h3-12,22,26H,13-14H2,1-2H3,(H,27,30). The Kier molecular flexibility index (Phi) is 6.02. The maximum atomic E-state index is 14.2. The first kappa shape index (κ1) is 21.3. The molecule has 0 aliphatic carbocycles. The number of nitrogens with one attached hydrogen (secondary N) is 2. The Labute approximate surface area is 184 Å². The van der Waals surface area contributed by atoms with Crippen LogP contribution >= 0.6 is 0 Å². The minimum absolute atomic E-state index is 0.112. The molecule has 1 aliphatic rings. The van der Waals surface area contributed by atoms with Crippen molar-refractivity contribution in [1.29, 1.82) is 0 Å². The molecular formula is C24H23FN4O3. The van der Waals surface area contributed by atoms with E-state index < -0.39 is 5.82 Å². The zero-order valence-corrected chi connectivity index (χ0v) is 17.8. The minimum atomic E-state index is -0.528. The normalized spacial score (nSPS) is 15.4. The lowest BCUT2D eigenvalue weighted by Gasteiger charge is -2.20. The quantitative estimate of drug-likeness (QED) is 0.599. The summed E-state index contributed by atoms with van der Waals surface area (Å²) in [5.74, 6) is -0.504. The highest BCUT2D eigenvalue weighted by molar-refractivity contribution is 6.03. The number of anilines is 2. The number of aryl methyl sites for hydroxylation is 1. The predicted octanol–water partition coefficient (Wildman–Crippen LogP) is 4.48. The molecule has 8 heteroatoms. The van der Waals surface area contributed by atoms with Gasteiger partial charge in [0.2, 0.25) is 5.91 Å². The van der Waals surface area contributed by atoms with Crippen molar-refractivity contribution in [2.24, 2.45) is 5.10 Å². The summed E-state index contributed by atoms with van der Waals surface area (Å²) in [6.45, 7) is 3.20. The summed E-state index contributed by atoms with van der Waals surface area (Å²) >= 11 is 0. The van der Waals surface area contributed by atoms with Crippen LogP contribution in [-0.2, 0) is 9.59 Å². The highest BCUT2D eigenvalue weighted by atomic mass is 19.1. The highest BCUT2D eigenvalue weighted by Gasteiger charge is 2.34. The Hall–Kier alpha value is -3.94. The number of hydrogen-bond acceptors (Lipinski definition) is 5. The molecule has 2 aromatic carbocycles. The fraction of sp³-hybridized carbons (Fsp3) is 0.208. The fourth-order valence-electron chi connectivity index (χ4n) is 3.56. The van der Waals surface area contributed by atoms with Crippen LogP contribution in [0.4, 0.5) is 15.8 Å². The van der Waals surface area contributed by atoms with Gasteiger partial charge in [-0.05, 0) is 42.8 Å². The van der Waals surface area contributed by atoms with E-state index >= 15 is 0 Å². The number of carbonyl (C=O) groups is 2. The van der Waals surface area contributed by atoms with Gasteiger partial charge in [-0.2, -0.15) is 5.10 Å². The molecular weight excluding hydrogens is 411 g/mol. The monoisotopic (exact) mass is 434 g/mol. The maximum absolute atomic E-state index is 14.2. The van der Waals surface area contributed by atoms with Crippen molar-refractivity contribution in [2.75, 3.05) is 17.2 Å². The molecule has 4 rings (SSSR count). The summed E-state index contributed by atoms with van der Waals surface area (Å²) in [5.41, 5.74) is 3.39. The molecule has 2 heterocycles. The summed E-state index contributed by atoms with van der Waals surface area (Å²) in [7, 11) is 0. The molecule has 1 aliphatic heterocycles. The van der Waals surface area contributed by atoms with Crippen LogP contribution in [0.2, 0.25) is 0 Å². The van der Waals surface area contributed by atoms with Gasteiger partial charge < -0.3 is 15.1 Å². The van der Waals surface area contributed by atoms with E-state index in [0.29, 0.717) is 17.9 Å². The molecule has 32 heavy (non-hydrogen) atoms. The van der Waals surface area contributed by atoms with Crippen LogP contribution in [-0.4, -0.2) is 29.1 Å². The first-order valence-corrected chi connectivity index (χ1v) is 10.2. The van der Waals surface area contributed by atoms with Crippen LogP contribution in [0.1, 0.15) is 36.3 Å². The van der Waals surface area contributed by atoms with Gasteiger partial charge in [-0.25, -0.2) is 9.40 Å².